The fourth-order valence-electron chi connectivity index (χ4n) is 4.50. The molecule has 2 aromatic carbocycles. The van der Waals surface area contributed by atoms with Gasteiger partial charge in [0.25, 0.3) is 0 Å². The van der Waals surface area contributed by atoms with E-state index in [1.165, 1.54) is 7.11 Å². The van der Waals surface area contributed by atoms with Crippen molar-refractivity contribution in [2.24, 2.45) is 5.41 Å². The van der Waals surface area contributed by atoms with E-state index in [4.69, 9.17) is 14.8 Å². The van der Waals surface area contributed by atoms with Crippen molar-refractivity contribution >= 4 is 11.7 Å². The number of anilines is 1. The van der Waals surface area contributed by atoms with Gasteiger partial charge in [-0.1, -0.05) is 50.2 Å². The van der Waals surface area contributed by atoms with E-state index < -0.39 is 6.04 Å². The maximum atomic E-state index is 13.3. The second kappa shape index (κ2) is 6.97. The third-order valence-corrected chi connectivity index (χ3v) is 5.88. The maximum absolute atomic E-state index is 13.3. The maximum Gasteiger partial charge on any atom is 0.226 e. The number of phenols is 1. The zero-order valence-corrected chi connectivity index (χ0v) is 17.7. The minimum absolute atomic E-state index is 0.0224. The number of nitrogens with one attached hydrogen (secondary N) is 1. The Bertz CT molecular complexity index is 1210. The first-order chi connectivity index (χ1) is 14.9. The number of fused-ring (bicyclic) bond motifs is 1. The van der Waals surface area contributed by atoms with Crippen LogP contribution in [-0.2, 0) is 4.79 Å². The number of methoxy groups -OCH3 is 1. The molecule has 0 spiro atoms. The Labute approximate surface area is 180 Å². The monoisotopic (exact) mass is 416 g/mol. The first-order valence-corrected chi connectivity index (χ1v) is 10.3. The highest BCUT2D eigenvalue weighted by atomic mass is 16.5. The molecule has 5 rings (SSSR count). The smallest absolute Gasteiger partial charge is 0.226 e. The summed E-state index contributed by atoms with van der Waals surface area (Å²) in [5.41, 5.74) is 3.07. The highest BCUT2D eigenvalue weighted by molar-refractivity contribution is 6.00. The molecule has 2 N–H and O–H groups in total. The number of carbonyl (C=O) groups excluding carboxylic acids is 1. The topological polar surface area (TPSA) is 89.3 Å². The number of allylic oxidation sites excluding steroid dienone is 2. The van der Waals surface area contributed by atoms with E-state index >= 15 is 0 Å². The molecular formula is C24H24N4O3. The lowest BCUT2D eigenvalue weighted by Crippen LogP contribution is -2.36. The van der Waals surface area contributed by atoms with Crippen molar-refractivity contribution in [2.75, 3.05) is 12.4 Å². The van der Waals surface area contributed by atoms with E-state index in [-0.39, 0.29) is 16.9 Å². The first-order valence-electron chi connectivity index (χ1n) is 10.3. The van der Waals surface area contributed by atoms with Crippen LogP contribution in [-0.4, -0.2) is 32.8 Å². The Morgan fingerprint density at radius 2 is 1.94 bits per heavy atom. The number of aromatic nitrogens is 3. The normalized spacial score (nSPS) is 19.5. The van der Waals surface area contributed by atoms with Crippen LogP contribution >= 0.6 is 0 Å². The fraction of sp³-hybridized carbons (Fsp3) is 0.292. The molecule has 0 saturated carbocycles. The molecule has 0 fully saturated rings. The number of ketones is 1. The Balaban J connectivity index is 1.69. The van der Waals surface area contributed by atoms with Crippen molar-refractivity contribution in [1.29, 1.82) is 0 Å². The second-order valence-corrected chi connectivity index (χ2v) is 8.86. The molecule has 1 atom stereocenters. The molecule has 0 bridgehead atoms. The second-order valence-electron chi connectivity index (χ2n) is 8.86. The van der Waals surface area contributed by atoms with Gasteiger partial charge in [-0.3, -0.25) is 4.79 Å². The minimum Gasteiger partial charge on any atom is -0.504 e. The number of benzene rings is 2. The van der Waals surface area contributed by atoms with Crippen LogP contribution in [0.25, 0.3) is 11.4 Å². The van der Waals surface area contributed by atoms with Gasteiger partial charge in [-0.05, 0) is 29.5 Å². The number of hydrogen-bond donors (Lipinski definition) is 2. The number of Topliss-reactive ketones (excluding diaryl/α,β-unsaturated/α-hetero) is 1. The van der Waals surface area contributed by atoms with E-state index in [1.54, 1.807) is 16.8 Å². The van der Waals surface area contributed by atoms with Crippen LogP contribution in [0.5, 0.6) is 11.5 Å². The van der Waals surface area contributed by atoms with E-state index in [0.29, 0.717) is 29.5 Å². The third kappa shape index (κ3) is 3.26. The quantitative estimate of drug-likeness (QED) is 0.661. The summed E-state index contributed by atoms with van der Waals surface area (Å²) in [5, 5.41) is 18.5. The summed E-state index contributed by atoms with van der Waals surface area (Å²) in [4.78, 5) is 18.0. The number of aromatic hydroxyl groups is 1. The van der Waals surface area contributed by atoms with Gasteiger partial charge in [0.15, 0.2) is 23.1 Å². The summed E-state index contributed by atoms with van der Waals surface area (Å²) in [5.74, 6) is 1.66. The summed E-state index contributed by atoms with van der Waals surface area (Å²) in [6, 6.07) is 14.5. The average Bonchev–Trinajstić information content (AvgIpc) is 3.15. The Morgan fingerprint density at radius 1 is 1.16 bits per heavy atom. The zero-order valence-electron chi connectivity index (χ0n) is 17.7. The third-order valence-electron chi connectivity index (χ3n) is 5.88. The summed E-state index contributed by atoms with van der Waals surface area (Å²) < 4.78 is 6.95. The van der Waals surface area contributed by atoms with Gasteiger partial charge in [0.1, 0.15) is 6.04 Å². The lowest BCUT2D eigenvalue weighted by atomic mass is 9.73. The summed E-state index contributed by atoms with van der Waals surface area (Å²) in [6.45, 7) is 4.19. The van der Waals surface area contributed by atoms with Gasteiger partial charge in [-0.25, -0.2) is 4.68 Å². The molecule has 3 aromatic rings. The van der Waals surface area contributed by atoms with E-state index in [0.717, 1.165) is 23.2 Å². The molecule has 1 aromatic heterocycles. The summed E-state index contributed by atoms with van der Waals surface area (Å²) >= 11 is 0. The zero-order chi connectivity index (χ0) is 21.8. The van der Waals surface area contributed by atoms with Gasteiger partial charge in [0.05, 0.1) is 7.11 Å². The lowest BCUT2D eigenvalue weighted by Gasteiger charge is -2.38. The van der Waals surface area contributed by atoms with Crippen LogP contribution in [0.15, 0.2) is 59.8 Å². The van der Waals surface area contributed by atoms with Crippen molar-refractivity contribution in [3.05, 3.63) is 65.4 Å². The molecule has 0 saturated heterocycles. The first kappa shape index (κ1) is 19.4. The van der Waals surface area contributed by atoms with E-state index in [1.807, 2.05) is 36.4 Å². The number of carbonyl (C=O) groups is 1. The van der Waals surface area contributed by atoms with E-state index in [2.05, 4.69) is 19.2 Å². The molecule has 31 heavy (non-hydrogen) atoms. The van der Waals surface area contributed by atoms with Crippen molar-refractivity contribution < 1.29 is 14.6 Å². The minimum atomic E-state index is -0.475. The largest absolute Gasteiger partial charge is 0.504 e. The fourth-order valence-corrected chi connectivity index (χ4v) is 4.50. The molecule has 1 aliphatic heterocycles. The number of nitrogens with zero attached hydrogens (tertiary/aromatic N) is 3. The van der Waals surface area contributed by atoms with Gasteiger partial charge in [0, 0.05) is 23.3 Å². The van der Waals surface area contributed by atoms with Crippen LogP contribution < -0.4 is 10.1 Å². The number of hydrogen-bond acceptors (Lipinski definition) is 6. The molecule has 1 aliphatic carbocycles. The number of phenolic OH excluding ortho intramolecular Hbond substituents is 1. The van der Waals surface area contributed by atoms with Crippen LogP contribution in [0.2, 0.25) is 0 Å². The standard InChI is InChI=1S/C24H24N4O3/c1-24(2)12-16-20(18(30)13-24)21(15-9-10-19(31-3)17(29)11-15)28-23(25-16)26-22(27-28)14-7-5-4-6-8-14/h4-11,21,29H,12-13H2,1-3H3,(H,25,26,27)/t21-/m1/s1. The van der Waals surface area contributed by atoms with Gasteiger partial charge >= 0.3 is 0 Å². The molecular weight excluding hydrogens is 392 g/mol. The van der Waals surface area contributed by atoms with Crippen LogP contribution in [0.1, 0.15) is 38.3 Å². The highest BCUT2D eigenvalue weighted by Crippen LogP contribution is 2.46. The summed E-state index contributed by atoms with van der Waals surface area (Å²) in [7, 11) is 1.51. The molecule has 158 valence electrons. The SMILES string of the molecule is COc1ccc([C@@H]2C3=C(CC(C)(C)CC3=O)Nc3nc(-c4ccccc4)nn32)cc1O. The number of ether oxygens (including phenoxy) is 1. The van der Waals surface area contributed by atoms with Crippen molar-refractivity contribution in [1.82, 2.24) is 14.8 Å². The average molecular weight is 416 g/mol. The van der Waals surface area contributed by atoms with Crippen LogP contribution in [0.3, 0.4) is 0 Å². The van der Waals surface area contributed by atoms with Gasteiger partial charge in [-0.2, -0.15) is 4.98 Å². The molecule has 7 heteroatoms. The van der Waals surface area contributed by atoms with Crippen molar-refractivity contribution in [2.45, 2.75) is 32.7 Å². The van der Waals surface area contributed by atoms with Gasteiger partial charge < -0.3 is 15.2 Å². The predicted molar refractivity (Wildman–Crippen MR) is 117 cm³/mol. The van der Waals surface area contributed by atoms with Crippen molar-refractivity contribution in [3.8, 4) is 22.9 Å². The van der Waals surface area contributed by atoms with Gasteiger partial charge in [-0.15, -0.1) is 5.10 Å². The van der Waals surface area contributed by atoms with E-state index in [9.17, 15) is 9.90 Å². The Kier molecular flexibility index (Phi) is 4.36. The molecule has 0 unspecified atom stereocenters. The molecule has 2 aliphatic rings. The molecule has 7 nitrogen and oxygen atoms in total. The van der Waals surface area contributed by atoms with Crippen LogP contribution in [0, 0.1) is 5.41 Å². The highest BCUT2D eigenvalue weighted by Gasteiger charge is 2.42. The Hall–Kier alpha value is -3.61. The molecule has 0 amide bonds. The number of rotatable bonds is 3. The molecule has 2 heterocycles. The Morgan fingerprint density at radius 3 is 2.65 bits per heavy atom. The summed E-state index contributed by atoms with van der Waals surface area (Å²) in [6.07, 6.45) is 1.20. The van der Waals surface area contributed by atoms with Crippen molar-refractivity contribution in [3.63, 3.8) is 0 Å². The van der Waals surface area contributed by atoms with Gasteiger partial charge in [0.2, 0.25) is 5.95 Å². The lowest BCUT2D eigenvalue weighted by molar-refractivity contribution is -0.118. The molecule has 0 radical (unpaired) electrons. The van der Waals surface area contributed by atoms with Crippen LogP contribution in [0.4, 0.5) is 5.95 Å². The predicted octanol–water partition coefficient (Wildman–Crippen LogP) is 4.32.